The van der Waals surface area contributed by atoms with Crippen molar-refractivity contribution in [1.82, 2.24) is 10.3 Å². The minimum Gasteiger partial charge on any atom is -0.384 e. The fraction of sp³-hybridized carbons (Fsp3) is 0.318. The van der Waals surface area contributed by atoms with Gasteiger partial charge in [-0.2, -0.15) is 0 Å². The second kappa shape index (κ2) is 8.37. The van der Waals surface area contributed by atoms with Gasteiger partial charge in [0.05, 0.1) is 5.52 Å². The molecule has 0 saturated carbocycles. The fourth-order valence-corrected chi connectivity index (χ4v) is 4.46. The van der Waals surface area contributed by atoms with Gasteiger partial charge in [-0.15, -0.1) is 0 Å². The molecule has 0 spiro atoms. The van der Waals surface area contributed by atoms with Crippen LogP contribution in [-0.2, 0) is 0 Å². The average molecular weight is 441 g/mol. The minimum atomic E-state index is 0.0437. The van der Waals surface area contributed by atoms with Crippen LogP contribution in [0.5, 0.6) is 0 Å². The number of para-hydroxylation sites is 1. The maximum Gasteiger partial charge on any atom is 0.191 e. The normalized spacial score (nSPS) is 15.9. The zero-order chi connectivity index (χ0) is 19.5. The predicted octanol–water partition coefficient (Wildman–Crippen LogP) is 4.55. The molecule has 6 heteroatoms. The number of aromatic amines is 1. The van der Waals surface area contributed by atoms with Gasteiger partial charge in [-0.25, -0.2) is 0 Å². The highest BCUT2D eigenvalue weighted by Gasteiger charge is 2.21. The first kappa shape index (κ1) is 19.0. The smallest absolute Gasteiger partial charge is 0.191 e. The molecule has 4 rings (SSSR count). The van der Waals surface area contributed by atoms with Gasteiger partial charge < -0.3 is 20.9 Å². The Morgan fingerprint density at radius 2 is 2.04 bits per heavy atom. The molecule has 146 valence electrons. The van der Waals surface area contributed by atoms with Gasteiger partial charge in [0.2, 0.25) is 0 Å². The van der Waals surface area contributed by atoms with Crippen molar-refractivity contribution in [2.45, 2.75) is 25.8 Å². The number of pyridine rings is 1. The number of benzene rings is 2. The molecule has 0 aliphatic carbocycles. The third-order valence-electron chi connectivity index (χ3n) is 5.24. The molecule has 28 heavy (non-hydrogen) atoms. The van der Waals surface area contributed by atoms with Crippen molar-refractivity contribution in [3.63, 3.8) is 0 Å². The first-order valence-corrected chi connectivity index (χ1v) is 10.5. The topological polar surface area (TPSA) is 68.9 Å². The molecule has 1 aromatic heterocycles. The number of rotatable bonds is 6. The summed E-state index contributed by atoms with van der Waals surface area (Å²) in [5.41, 5.74) is 4.78. The van der Waals surface area contributed by atoms with Crippen molar-refractivity contribution in [2.24, 2.45) is 0 Å². The van der Waals surface area contributed by atoms with Gasteiger partial charge in [-0.1, -0.05) is 28.1 Å². The molecule has 0 amide bonds. The molecule has 0 fully saturated rings. The van der Waals surface area contributed by atoms with E-state index in [-0.39, 0.29) is 5.43 Å². The summed E-state index contributed by atoms with van der Waals surface area (Å²) in [7, 11) is 0. The van der Waals surface area contributed by atoms with Crippen LogP contribution in [-0.4, -0.2) is 24.6 Å². The Morgan fingerprint density at radius 1 is 1.18 bits per heavy atom. The summed E-state index contributed by atoms with van der Waals surface area (Å²) >= 11 is 3.62. The molecule has 1 aliphatic rings. The van der Waals surface area contributed by atoms with Crippen LogP contribution in [0.25, 0.3) is 10.9 Å². The van der Waals surface area contributed by atoms with Gasteiger partial charge in [0.25, 0.3) is 0 Å². The van der Waals surface area contributed by atoms with E-state index >= 15 is 0 Å². The van der Waals surface area contributed by atoms with Crippen LogP contribution in [0.15, 0.2) is 51.7 Å². The number of anilines is 2. The van der Waals surface area contributed by atoms with Crippen molar-refractivity contribution in [3.05, 3.63) is 68.3 Å². The minimum absolute atomic E-state index is 0.0437. The van der Waals surface area contributed by atoms with Crippen LogP contribution in [0.3, 0.4) is 0 Å². The van der Waals surface area contributed by atoms with Gasteiger partial charge in [-0.3, -0.25) is 4.79 Å². The first-order valence-electron chi connectivity index (χ1n) is 9.75. The zero-order valence-electron chi connectivity index (χ0n) is 15.9. The van der Waals surface area contributed by atoms with Crippen molar-refractivity contribution >= 4 is 38.3 Å². The van der Waals surface area contributed by atoms with E-state index in [0.717, 1.165) is 53.7 Å². The molecule has 5 nitrogen and oxygen atoms in total. The third kappa shape index (κ3) is 4.08. The molecule has 2 heterocycles. The van der Waals surface area contributed by atoms with E-state index in [0.29, 0.717) is 6.04 Å². The summed E-state index contributed by atoms with van der Waals surface area (Å²) in [4.78, 5) is 15.5. The average Bonchev–Trinajstić information content (AvgIpc) is 2.68. The van der Waals surface area contributed by atoms with Gasteiger partial charge in [0, 0.05) is 40.7 Å². The summed E-state index contributed by atoms with van der Waals surface area (Å²) in [6, 6.07) is 14.0. The molecule has 1 unspecified atom stereocenters. The van der Waals surface area contributed by atoms with Gasteiger partial charge in [0.15, 0.2) is 5.43 Å². The van der Waals surface area contributed by atoms with Gasteiger partial charge >= 0.3 is 0 Å². The molecule has 4 N–H and O–H groups in total. The molecule has 0 radical (unpaired) electrons. The third-order valence-corrected chi connectivity index (χ3v) is 5.70. The quantitative estimate of drug-likeness (QED) is 0.424. The number of aryl methyl sites for hydroxylation is 1. The zero-order valence-corrected chi connectivity index (χ0v) is 17.5. The number of halogens is 1. The van der Waals surface area contributed by atoms with E-state index in [2.05, 4.69) is 55.9 Å². The number of aromatic nitrogens is 1. The molecular formula is C22H25BrN4O. The molecular weight excluding hydrogens is 416 g/mol. The number of nitrogens with one attached hydrogen (secondary N) is 4. The van der Waals surface area contributed by atoms with Crippen LogP contribution in [0.1, 0.15) is 30.0 Å². The maximum atomic E-state index is 12.2. The fourth-order valence-electron chi connectivity index (χ4n) is 3.87. The summed E-state index contributed by atoms with van der Waals surface area (Å²) < 4.78 is 1.13. The maximum absolute atomic E-state index is 12.2. The lowest BCUT2D eigenvalue weighted by molar-refractivity contribution is 0.497. The van der Waals surface area contributed by atoms with Crippen LogP contribution in [0, 0.1) is 6.92 Å². The Morgan fingerprint density at radius 3 is 2.93 bits per heavy atom. The molecule has 2 aromatic carbocycles. The van der Waals surface area contributed by atoms with Crippen molar-refractivity contribution in [1.29, 1.82) is 0 Å². The van der Waals surface area contributed by atoms with Crippen molar-refractivity contribution in [3.8, 4) is 0 Å². The van der Waals surface area contributed by atoms with Crippen LogP contribution < -0.4 is 21.4 Å². The first-order chi connectivity index (χ1) is 13.6. The standard InChI is InChI=1S/C22H25BrN4O/c1-14-11-15(23)12-17-18(7-10-26-22(14)17)24-8-4-9-25-21-13-20(28)16-5-2-3-6-19(16)27-21/h2-3,5-6,11-13,18,24,26H,4,7-10H2,1H3,(H2,25,27,28). The lowest BCUT2D eigenvalue weighted by Crippen LogP contribution is -2.30. The van der Waals surface area contributed by atoms with Crippen molar-refractivity contribution in [2.75, 3.05) is 30.3 Å². The van der Waals surface area contributed by atoms with Crippen LogP contribution in [0.2, 0.25) is 0 Å². The Bertz CT molecular complexity index is 1050. The van der Waals surface area contributed by atoms with E-state index < -0.39 is 0 Å². The Labute approximate surface area is 173 Å². The second-order valence-electron chi connectivity index (χ2n) is 7.28. The predicted molar refractivity (Wildman–Crippen MR) is 120 cm³/mol. The monoisotopic (exact) mass is 440 g/mol. The Kier molecular flexibility index (Phi) is 5.69. The van der Waals surface area contributed by atoms with Crippen LogP contribution in [0.4, 0.5) is 11.5 Å². The highest BCUT2D eigenvalue weighted by Crippen LogP contribution is 2.34. The summed E-state index contributed by atoms with van der Waals surface area (Å²) in [6.07, 6.45) is 2.05. The number of hydrogen-bond acceptors (Lipinski definition) is 4. The largest absolute Gasteiger partial charge is 0.384 e. The van der Waals surface area contributed by atoms with E-state index in [9.17, 15) is 4.79 Å². The molecule has 1 atom stereocenters. The lowest BCUT2D eigenvalue weighted by Gasteiger charge is -2.29. The molecule has 0 saturated heterocycles. The van der Waals surface area contributed by atoms with Gasteiger partial charge in [-0.05, 0) is 61.7 Å². The van der Waals surface area contributed by atoms with E-state index in [4.69, 9.17) is 0 Å². The molecule has 0 bridgehead atoms. The number of fused-ring (bicyclic) bond motifs is 2. The highest BCUT2D eigenvalue weighted by atomic mass is 79.9. The molecule has 1 aliphatic heterocycles. The number of H-pyrrole nitrogens is 1. The Balaban J connectivity index is 1.32. The van der Waals surface area contributed by atoms with Crippen molar-refractivity contribution < 1.29 is 0 Å². The lowest BCUT2D eigenvalue weighted by atomic mass is 9.95. The second-order valence-corrected chi connectivity index (χ2v) is 8.20. The number of hydrogen-bond donors (Lipinski definition) is 4. The molecule has 3 aromatic rings. The summed E-state index contributed by atoms with van der Waals surface area (Å²) in [6.45, 7) is 4.86. The van der Waals surface area contributed by atoms with E-state index in [1.165, 1.54) is 16.8 Å². The van der Waals surface area contributed by atoms with Crippen LogP contribution >= 0.6 is 15.9 Å². The summed E-state index contributed by atoms with van der Waals surface area (Å²) in [5, 5.41) is 11.3. The van der Waals surface area contributed by atoms with Gasteiger partial charge in [0.1, 0.15) is 5.82 Å². The summed E-state index contributed by atoms with van der Waals surface area (Å²) in [5.74, 6) is 0.774. The van der Waals surface area contributed by atoms with E-state index in [1.54, 1.807) is 6.07 Å². The highest BCUT2D eigenvalue weighted by molar-refractivity contribution is 9.10. The SMILES string of the molecule is Cc1cc(Br)cc2c1NCCC2NCCCNc1cc(=O)c2ccccc2[nH]1. The van der Waals surface area contributed by atoms with E-state index in [1.807, 2.05) is 24.3 Å². The Hall–Kier alpha value is -2.31.